The van der Waals surface area contributed by atoms with Crippen LogP contribution in [0.15, 0.2) is 41.8 Å². The van der Waals surface area contributed by atoms with E-state index in [0.29, 0.717) is 12.0 Å². The van der Waals surface area contributed by atoms with E-state index in [1.165, 1.54) is 4.88 Å². The van der Waals surface area contributed by atoms with Crippen molar-refractivity contribution in [3.63, 3.8) is 0 Å². The average Bonchev–Trinajstić information content (AvgIpc) is 2.96. The number of amides is 1. The third kappa shape index (κ3) is 2.49. The number of nitrogens with one attached hydrogen (secondary N) is 1. The Morgan fingerprint density at radius 2 is 2.10 bits per heavy atom. The van der Waals surface area contributed by atoms with Crippen molar-refractivity contribution >= 4 is 17.2 Å². The summed E-state index contributed by atoms with van der Waals surface area (Å²) in [5, 5.41) is 15.7. The van der Waals surface area contributed by atoms with Crippen LogP contribution in [0.5, 0.6) is 0 Å². The highest BCUT2D eigenvalue weighted by molar-refractivity contribution is 7.10. The summed E-state index contributed by atoms with van der Waals surface area (Å²) in [4.78, 5) is 13.3. The fourth-order valence-electron chi connectivity index (χ4n) is 2.73. The standard InChI is InChI=1S/C16H17NO2S/c18-15(12-5-2-1-3-6-12)17-11-16(19)9-4-7-14-13(16)8-10-20-14/h1-3,5-6,8,10,19H,4,7,9,11H2,(H,17,18). The van der Waals surface area contributed by atoms with Crippen molar-refractivity contribution in [2.24, 2.45) is 0 Å². The number of hydrogen-bond acceptors (Lipinski definition) is 3. The summed E-state index contributed by atoms with van der Waals surface area (Å²) in [7, 11) is 0. The van der Waals surface area contributed by atoms with Crippen LogP contribution in [0.4, 0.5) is 0 Å². The Hall–Kier alpha value is -1.65. The number of aliphatic hydroxyl groups is 1. The van der Waals surface area contributed by atoms with Crippen molar-refractivity contribution < 1.29 is 9.90 Å². The molecule has 2 aromatic rings. The smallest absolute Gasteiger partial charge is 0.251 e. The van der Waals surface area contributed by atoms with Gasteiger partial charge in [-0.2, -0.15) is 0 Å². The Morgan fingerprint density at radius 3 is 2.90 bits per heavy atom. The van der Waals surface area contributed by atoms with E-state index in [4.69, 9.17) is 0 Å². The van der Waals surface area contributed by atoms with Crippen LogP contribution in [-0.2, 0) is 12.0 Å². The molecule has 1 aliphatic rings. The van der Waals surface area contributed by atoms with Crippen LogP contribution in [0.3, 0.4) is 0 Å². The molecule has 1 unspecified atom stereocenters. The van der Waals surface area contributed by atoms with Crippen LogP contribution in [0.1, 0.15) is 33.6 Å². The maximum Gasteiger partial charge on any atom is 0.251 e. The van der Waals surface area contributed by atoms with E-state index in [1.54, 1.807) is 23.5 Å². The Balaban J connectivity index is 1.72. The first kappa shape index (κ1) is 13.3. The van der Waals surface area contributed by atoms with Gasteiger partial charge in [-0.1, -0.05) is 18.2 Å². The lowest BCUT2D eigenvalue weighted by Crippen LogP contribution is -2.42. The molecule has 1 aromatic carbocycles. The van der Waals surface area contributed by atoms with Gasteiger partial charge in [-0.25, -0.2) is 0 Å². The van der Waals surface area contributed by atoms with Gasteiger partial charge in [0.15, 0.2) is 0 Å². The van der Waals surface area contributed by atoms with Crippen molar-refractivity contribution in [3.05, 3.63) is 57.8 Å². The molecule has 0 saturated heterocycles. The van der Waals surface area contributed by atoms with Gasteiger partial charge in [-0.15, -0.1) is 11.3 Å². The van der Waals surface area contributed by atoms with Gasteiger partial charge in [0.25, 0.3) is 5.91 Å². The molecule has 4 heteroatoms. The lowest BCUT2D eigenvalue weighted by Gasteiger charge is -2.32. The van der Waals surface area contributed by atoms with Gasteiger partial charge in [-0.05, 0) is 48.4 Å². The fourth-order valence-corrected chi connectivity index (χ4v) is 3.74. The molecular weight excluding hydrogens is 270 g/mol. The monoisotopic (exact) mass is 287 g/mol. The van der Waals surface area contributed by atoms with Crippen LogP contribution >= 0.6 is 11.3 Å². The van der Waals surface area contributed by atoms with E-state index in [0.717, 1.165) is 18.4 Å². The van der Waals surface area contributed by atoms with E-state index in [-0.39, 0.29) is 12.5 Å². The zero-order valence-corrected chi connectivity index (χ0v) is 12.0. The summed E-state index contributed by atoms with van der Waals surface area (Å²) in [5.74, 6) is -0.138. The van der Waals surface area contributed by atoms with Gasteiger partial charge >= 0.3 is 0 Å². The quantitative estimate of drug-likeness (QED) is 0.912. The second kappa shape index (κ2) is 5.38. The maximum atomic E-state index is 12.1. The molecule has 0 spiro atoms. The Bertz CT molecular complexity index is 608. The summed E-state index contributed by atoms with van der Waals surface area (Å²) in [6, 6.07) is 11.1. The SMILES string of the molecule is O=C(NCC1(O)CCCc2sccc21)c1ccccc1. The number of rotatable bonds is 3. The van der Waals surface area contributed by atoms with Crippen LogP contribution in [-0.4, -0.2) is 17.6 Å². The fraction of sp³-hybridized carbons (Fsp3) is 0.312. The largest absolute Gasteiger partial charge is 0.383 e. The van der Waals surface area contributed by atoms with Crippen molar-refractivity contribution in [1.29, 1.82) is 0 Å². The van der Waals surface area contributed by atoms with Gasteiger partial charge < -0.3 is 10.4 Å². The Morgan fingerprint density at radius 1 is 1.30 bits per heavy atom. The molecule has 0 saturated carbocycles. The van der Waals surface area contributed by atoms with Crippen LogP contribution in [0, 0.1) is 0 Å². The van der Waals surface area contributed by atoms with Crippen LogP contribution in [0.2, 0.25) is 0 Å². The molecule has 20 heavy (non-hydrogen) atoms. The predicted molar refractivity (Wildman–Crippen MR) is 79.9 cm³/mol. The summed E-state index contributed by atoms with van der Waals surface area (Å²) in [6.45, 7) is 0.268. The number of benzene rings is 1. The zero-order valence-electron chi connectivity index (χ0n) is 11.1. The molecule has 104 valence electrons. The topological polar surface area (TPSA) is 49.3 Å². The molecule has 3 rings (SSSR count). The van der Waals surface area contributed by atoms with Crippen LogP contribution in [0.25, 0.3) is 0 Å². The van der Waals surface area contributed by atoms with E-state index >= 15 is 0 Å². The predicted octanol–water partition coefficient (Wildman–Crippen LogP) is 2.70. The van der Waals surface area contributed by atoms with E-state index in [9.17, 15) is 9.90 Å². The van der Waals surface area contributed by atoms with Gasteiger partial charge in [0.2, 0.25) is 0 Å². The van der Waals surface area contributed by atoms with Crippen LogP contribution < -0.4 is 5.32 Å². The first-order valence-electron chi connectivity index (χ1n) is 6.81. The molecule has 1 amide bonds. The second-order valence-electron chi connectivity index (χ2n) is 5.19. The minimum Gasteiger partial charge on any atom is -0.383 e. The number of aryl methyl sites for hydroxylation is 1. The van der Waals surface area contributed by atoms with E-state index in [2.05, 4.69) is 5.32 Å². The summed E-state index contributed by atoms with van der Waals surface area (Å²) in [5.41, 5.74) is 0.692. The van der Waals surface area contributed by atoms with Gasteiger partial charge in [-0.3, -0.25) is 4.79 Å². The average molecular weight is 287 g/mol. The summed E-state index contributed by atoms with van der Waals surface area (Å²) < 4.78 is 0. The number of carbonyl (C=O) groups excluding carboxylic acids is 1. The van der Waals surface area contributed by atoms with E-state index < -0.39 is 5.60 Å². The molecule has 1 atom stereocenters. The highest BCUT2D eigenvalue weighted by Crippen LogP contribution is 2.37. The van der Waals surface area contributed by atoms with Crippen molar-refractivity contribution in [2.75, 3.05) is 6.54 Å². The molecule has 3 nitrogen and oxygen atoms in total. The van der Waals surface area contributed by atoms with Gasteiger partial charge in [0.05, 0.1) is 6.54 Å². The van der Waals surface area contributed by atoms with Crippen molar-refractivity contribution in [1.82, 2.24) is 5.32 Å². The van der Waals surface area contributed by atoms with Gasteiger partial charge in [0.1, 0.15) is 5.60 Å². The van der Waals surface area contributed by atoms with Gasteiger partial charge in [0, 0.05) is 10.4 Å². The highest BCUT2D eigenvalue weighted by Gasteiger charge is 2.35. The van der Waals surface area contributed by atoms with E-state index in [1.807, 2.05) is 29.6 Å². The summed E-state index contributed by atoms with van der Waals surface area (Å²) >= 11 is 1.69. The normalized spacial score (nSPS) is 21.2. The lowest BCUT2D eigenvalue weighted by atomic mass is 9.83. The zero-order chi connectivity index (χ0) is 14.0. The summed E-state index contributed by atoms with van der Waals surface area (Å²) in [6.07, 6.45) is 2.69. The molecule has 2 N–H and O–H groups in total. The second-order valence-corrected chi connectivity index (χ2v) is 6.19. The van der Waals surface area contributed by atoms with Crippen molar-refractivity contribution in [2.45, 2.75) is 24.9 Å². The highest BCUT2D eigenvalue weighted by atomic mass is 32.1. The minimum atomic E-state index is -0.919. The molecule has 1 aliphatic carbocycles. The molecular formula is C16H17NO2S. The first-order valence-corrected chi connectivity index (χ1v) is 7.69. The molecule has 1 heterocycles. The Kier molecular flexibility index (Phi) is 3.59. The lowest BCUT2D eigenvalue weighted by molar-refractivity contribution is 0.0197. The number of thiophene rings is 1. The minimum absolute atomic E-state index is 0.138. The maximum absolute atomic E-state index is 12.1. The number of hydrogen-bond donors (Lipinski definition) is 2. The molecule has 0 radical (unpaired) electrons. The third-order valence-electron chi connectivity index (χ3n) is 3.82. The van der Waals surface area contributed by atoms with Crippen molar-refractivity contribution in [3.8, 4) is 0 Å². The molecule has 0 aliphatic heterocycles. The number of fused-ring (bicyclic) bond motifs is 1. The first-order chi connectivity index (χ1) is 9.69. The third-order valence-corrected chi connectivity index (χ3v) is 4.80. The number of carbonyl (C=O) groups is 1. The Labute approximate surface area is 122 Å². The molecule has 0 bridgehead atoms. The molecule has 1 aromatic heterocycles. The molecule has 0 fully saturated rings.